The molecule has 226 valence electrons. The van der Waals surface area contributed by atoms with Crippen molar-refractivity contribution in [2.24, 2.45) is 4.99 Å². The highest BCUT2D eigenvalue weighted by Crippen LogP contribution is 2.44. The normalized spacial score (nSPS) is 18.3. The van der Waals surface area contributed by atoms with Crippen LogP contribution >= 0.6 is 0 Å². The molecule has 0 saturated carbocycles. The van der Waals surface area contributed by atoms with Gasteiger partial charge in [-0.05, 0) is 65.1 Å². The number of aliphatic hydroxyl groups excluding tert-OH is 1. The van der Waals surface area contributed by atoms with Crippen molar-refractivity contribution in [3.63, 3.8) is 0 Å². The van der Waals surface area contributed by atoms with Gasteiger partial charge in [0.15, 0.2) is 12.6 Å². The highest BCUT2D eigenvalue weighted by atomic mass is 28.4. The predicted octanol–water partition coefficient (Wildman–Crippen LogP) is 5.06. The van der Waals surface area contributed by atoms with Crippen LogP contribution in [0.3, 0.4) is 0 Å². The maximum Gasteiger partial charge on any atom is 0.414 e. The molecule has 0 bridgehead atoms. The number of nitrogens with zero attached hydrogens (tertiary/aromatic N) is 2. The molecule has 1 aliphatic rings. The van der Waals surface area contributed by atoms with Gasteiger partial charge < -0.3 is 24.2 Å². The number of hydrogen-bond acceptors (Lipinski definition) is 8. The Labute approximate surface area is 235 Å². The lowest BCUT2D eigenvalue weighted by atomic mass is 10.0. The minimum Gasteiger partial charge on any atom is -0.624 e. The lowest BCUT2D eigenvalue weighted by Gasteiger charge is -2.43. The van der Waals surface area contributed by atoms with Crippen LogP contribution in [0.15, 0.2) is 4.99 Å². The van der Waals surface area contributed by atoms with E-state index in [1.165, 1.54) is 6.92 Å². The number of aliphatic imine (C=N–C) groups is 1. The number of ether oxygens (including phenoxy) is 2. The summed E-state index contributed by atoms with van der Waals surface area (Å²) in [5.41, 5.74) is -0.510. The zero-order valence-electron chi connectivity index (χ0n) is 26.2. The number of guanidine groups is 1. The van der Waals surface area contributed by atoms with E-state index in [1.54, 1.807) is 41.5 Å². The summed E-state index contributed by atoms with van der Waals surface area (Å²) >= 11 is 0. The van der Waals surface area contributed by atoms with E-state index in [-0.39, 0.29) is 34.8 Å². The molecule has 0 saturated heterocycles. The molecule has 0 spiro atoms. The molecule has 0 aromatic rings. The molecule has 0 unspecified atom stereocenters. The summed E-state index contributed by atoms with van der Waals surface area (Å²) in [6.07, 6.45) is -2.97. The minimum absolute atomic E-state index is 0.186. The van der Waals surface area contributed by atoms with Gasteiger partial charge in [-0.15, -0.1) is 0 Å². The quantitative estimate of drug-likeness (QED) is 0.121. The number of carbonyl (C=O) groups excluding carboxylic acids is 2. The van der Waals surface area contributed by atoms with E-state index in [2.05, 4.69) is 57.2 Å². The van der Waals surface area contributed by atoms with Crippen LogP contribution in [0.5, 0.6) is 0 Å². The van der Waals surface area contributed by atoms with Crippen LogP contribution in [0.25, 0.3) is 0 Å². The van der Waals surface area contributed by atoms with Crippen LogP contribution in [0.4, 0.5) is 9.59 Å². The van der Waals surface area contributed by atoms with E-state index in [0.29, 0.717) is 6.42 Å². The van der Waals surface area contributed by atoms with Crippen molar-refractivity contribution in [2.75, 3.05) is 6.54 Å². The second kappa shape index (κ2) is 13.4. The third-order valence-corrected chi connectivity index (χ3v) is 12.6. The maximum atomic E-state index is 13.1. The molecular weight excluding hydrogens is 520 g/mol. The highest BCUT2D eigenvalue weighted by molar-refractivity contribution is 6.77. The predicted molar refractivity (Wildman–Crippen MR) is 156 cm³/mol. The molecule has 1 rings (SSSR count). The monoisotopic (exact) mass is 572 g/mol. The average molecular weight is 573 g/mol. The molecule has 3 atom stereocenters. The minimum atomic E-state index is -2.39. The fraction of sp³-hybridized carbons (Fsp3) is 0.852. The van der Waals surface area contributed by atoms with Crippen LogP contribution < -0.4 is 10.6 Å². The molecule has 0 aromatic heterocycles. The number of carbonyl (C=O) groups is 2. The van der Waals surface area contributed by atoms with Crippen LogP contribution in [-0.4, -0.2) is 78.0 Å². The Morgan fingerprint density at radius 3 is 1.67 bits per heavy atom. The van der Waals surface area contributed by atoms with Gasteiger partial charge >= 0.3 is 12.2 Å². The molecule has 1 heterocycles. The number of hydrogen-bond donors (Lipinski definition) is 3. The molecule has 12 heteroatoms. The first-order valence-electron chi connectivity index (χ1n) is 13.9. The topological polar surface area (TPSA) is 145 Å². The lowest BCUT2D eigenvalue weighted by Crippen LogP contribution is -2.54. The van der Waals surface area contributed by atoms with Crippen LogP contribution in [-0.2, 0) is 13.9 Å². The molecule has 39 heavy (non-hydrogen) atoms. The van der Waals surface area contributed by atoms with Crippen molar-refractivity contribution >= 4 is 32.2 Å². The summed E-state index contributed by atoms with van der Waals surface area (Å²) in [5, 5.41) is 28.8. The van der Waals surface area contributed by atoms with Crippen molar-refractivity contribution < 1.29 is 33.3 Å². The van der Waals surface area contributed by atoms with Gasteiger partial charge in [-0.2, -0.15) is 0 Å². The first-order valence-corrected chi connectivity index (χ1v) is 16.0. The molecule has 2 amide bonds. The zero-order valence-corrected chi connectivity index (χ0v) is 27.2. The number of rotatable bonds is 8. The molecule has 0 radical (unpaired) electrons. The maximum absolute atomic E-state index is 13.1. The second-order valence-corrected chi connectivity index (χ2v) is 18.6. The van der Waals surface area contributed by atoms with E-state index in [9.17, 15) is 19.9 Å². The number of nitrogens with one attached hydrogen (secondary N) is 2. The van der Waals surface area contributed by atoms with E-state index in [4.69, 9.17) is 13.9 Å². The summed E-state index contributed by atoms with van der Waals surface area (Å²) in [5.74, 6) is -0.309. The van der Waals surface area contributed by atoms with Gasteiger partial charge in [0.1, 0.15) is 17.3 Å². The van der Waals surface area contributed by atoms with Crippen molar-refractivity contribution in [1.29, 1.82) is 0 Å². The first kappa shape index (κ1) is 34.8. The summed E-state index contributed by atoms with van der Waals surface area (Å²) in [7, 11) is -2.39. The third kappa shape index (κ3) is 10.1. The van der Waals surface area contributed by atoms with Crippen molar-refractivity contribution in [3.8, 4) is 0 Å². The summed E-state index contributed by atoms with van der Waals surface area (Å²) in [6, 6.07) is -1.10. The molecule has 11 nitrogen and oxygen atoms in total. The highest BCUT2D eigenvalue weighted by Gasteiger charge is 2.51. The lowest BCUT2D eigenvalue weighted by molar-refractivity contribution is -0.450. The SMILES string of the molecule is CC(C)[Si](O[C@H]1CC[N+]([O-])=C1[C@H](N=C(NC(=O)OC(C)(C)C)NC(=O)OC(C)(C)C)[C@H](C)O)(C(C)C)C(C)C. The number of hydroxylamine groups is 1. The zero-order chi connectivity index (χ0) is 30.5. The Morgan fingerprint density at radius 1 is 0.923 bits per heavy atom. The molecule has 1 aliphatic heterocycles. The van der Waals surface area contributed by atoms with Gasteiger partial charge in [0.05, 0.1) is 6.10 Å². The van der Waals surface area contributed by atoms with Gasteiger partial charge in [0, 0.05) is 6.42 Å². The van der Waals surface area contributed by atoms with E-state index in [1.807, 2.05) is 0 Å². The van der Waals surface area contributed by atoms with Gasteiger partial charge in [-0.3, -0.25) is 10.6 Å². The van der Waals surface area contributed by atoms with Gasteiger partial charge in [0.2, 0.25) is 20.0 Å². The fourth-order valence-electron chi connectivity index (χ4n) is 5.24. The molecule has 0 aliphatic carbocycles. The Kier molecular flexibility index (Phi) is 12.0. The fourth-order valence-corrected chi connectivity index (χ4v) is 10.8. The molecule has 0 aromatic carbocycles. The van der Waals surface area contributed by atoms with E-state index in [0.717, 1.165) is 4.74 Å². The molecule has 3 N–H and O–H groups in total. The molecular formula is C27H52N4O7Si. The average Bonchev–Trinajstić information content (AvgIpc) is 3.05. The largest absolute Gasteiger partial charge is 0.624 e. The Hall–Kier alpha value is -2.18. The molecule has 0 fully saturated rings. The number of alkyl carbamates (subject to hydrolysis) is 2. The number of amides is 2. The Balaban J connectivity index is 3.54. The first-order chi connectivity index (χ1) is 17.6. The van der Waals surface area contributed by atoms with Gasteiger partial charge in [-0.25, -0.2) is 19.3 Å². The van der Waals surface area contributed by atoms with Crippen LogP contribution in [0.1, 0.15) is 96.4 Å². The summed E-state index contributed by atoms with van der Waals surface area (Å²) in [6.45, 7) is 24.8. The standard InChI is InChI=1S/C27H52N4O7Si/c1-16(2)39(17(3)4,18(5)6)38-20-14-15-31(35)22(20)21(19(7)32)28-23(29-24(33)36-26(8,9)10)30-25(34)37-27(11,12)13/h16-21,32H,14-15H2,1-13H3,(H2,28,29,30,33,34)/t19-,20-,21+/m0/s1. The van der Waals surface area contributed by atoms with Crippen molar-refractivity contribution in [3.05, 3.63) is 5.21 Å². The van der Waals surface area contributed by atoms with Crippen molar-refractivity contribution in [2.45, 2.75) is 143 Å². The Morgan fingerprint density at radius 2 is 1.33 bits per heavy atom. The third-order valence-electron chi connectivity index (χ3n) is 6.53. The van der Waals surface area contributed by atoms with E-state index >= 15 is 0 Å². The smallest absolute Gasteiger partial charge is 0.414 e. The van der Waals surface area contributed by atoms with Crippen LogP contribution in [0.2, 0.25) is 16.6 Å². The van der Waals surface area contributed by atoms with Crippen molar-refractivity contribution in [1.82, 2.24) is 10.6 Å². The number of aliphatic hydroxyl groups is 1. The second-order valence-electron chi connectivity index (χ2n) is 13.2. The van der Waals surface area contributed by atoms with Gasteiger partial charge in [-0.1, -0.05) is 41.5 Å². The van der Waals surface area contributed by atoms with Crippen LogP contribution in [0, 0.1) is 5.21 Å². The van der Waals surface area contributed by atoms with E-state index < -0.39 is 50.0 Å². The van der Waals surface area contributed by atoms with Gasteiger partial charge in [0.25, 0.3) is 0 Å². The summed E-state index contributed by atoms with van der Waals surface area (Å²) < 4.78 is 18.4. The summed E-state index contributed by atoms with van der Waals surface area (Å²) in [4.78, 5) is 29.6. The Bertz CT molecular complexity index is 864.